The Morgan fingerprint density at radius 3 is 2.40 bits per heavy atom. The topological polar surface area (TPSA) is 70.1 Å². The lowest BCUT2D eigenvalue weighted by atomic mass is 10.2. The van der Waals surface area contributed by atoms with Crippen molar-refractivity contribution in [2.24, 2.45) is 5.92 Å². The van der Waals surface area contributed by atoms with Gasteiger partial charge in [0.1, 0.15) is 5.60 Å². The van der Waals surface area contributed by atoms with Crippen LogP contribution in [0.15, 0.2) is 0 Å². The summed E-state index contributed by atoms with van der Waals surface area (Å²) in [6.45, 7) is 7.10. The van der Waals surface area contributed by atoms with Crippen molar-refractivity contribution in [3.8, 4) is 0 Å². The van der Waals surface area contributed by atoms with Crippen molar-refractivity contribution in [3.63, 3.8) is 0 Å². The van der Waals surface area contributed by atoms with Crippen LogP contribution >= 0.6 is 0 Å². The first-order chi connectivity index (χ1) is 9.26. The van der Waals surface area contributed by atoms with Crippen molar-refractivity contribution in [2.45, 2.75) is 51.7 Å². The zero-order chi connectivity index (χ0) is 14.9. The van der Waals surface area contributed by atoms with Gasteiger partial charge in [0.25, 0.3) is 0 Å². The van der Waals surface area contributed by atoms with Crippen LogP contribution in [0.5, 0.6) is 0 Å². The molecule has 6 heteroatoms. The molecule has 2 amide bonds. The molecular formula is C14H24N2O4. The van der Waals surface area contributed by atoms with Crippen molar-refractivity contribution >= 4 is 12.2 Å². The first-order valence-electron chi connectivity index (χ1n) is 7.24. The van der Waals surface area contributed by atoms with E-state index in [-0.39, 0.29) is 12.1 Å². The summed E-state index contributed by atoms with van der Waals surface area (Å²) in [5.41, 5.74) is -0.524. The van der Waals surface area contributed by atoms with Gasteiger partial charge in [-0.2, -0.15) is 0 Å². The third-order valence-electron chi connectivity index (χ3n) is 3.65. The van der Waals surface area contributed by atoms with Crippen molar-refractivity contribution in [1.29, 1.82) is 0 Å². The third kappa shape index (κ3) is 4.02. The highest BCUT2D eigenvalue weighted by atomic mass is 16.6. The molecular weight excluding hydrogens is 260 g/mol. The summed E-state index contributed by atoms with van der Waals surface area (Å²) in [5.74, 6) is 0.557. The maximum Gasteiger partial charge on any atom is 0.410 e. The van der Waals surface area contributed by atoms with Gasteiger partial charge < -0.3 is 19.6 Å². The van der Waals surface area contributed by atoms with Gasteiger partial charge in [0.2, 0.25) is 0 Å². The standard InChI is InChI=1S/C14H24N2O4/c1-14(2,3)20-13(19)16(8-10-4-5-10)11-6-7-15(9-11)12(17)18/h10-11H,4-9H2,1-3H3,(H,17,18)/t11-/m0/s1. The normalized spacial score (nSPS) is 22.8. The van der Waals surface area contributed by atoms with Gasteiger partial charge in [0.05, 0.1) is 6.04 Å². The molecule has 0 aromatic heterocycles. The Balaban J connectivity index is 2.00. The molecule has 1 heterocycles. The number of nitrogens with zero attached hydrogens (tertiary/aromatic N) is 2. The SMILES string of the molecule is CC(C)(C)OC(=O)N(CC1CC1)[C@H]1CCN(C(=O)O)C1. The van der Waals surface area contributed by atoms with Crippen LogP contribution in [0.1, 0.15) is 40.0 Å². The summed E-state index contributed by atoms with van der Waals surface area (Å²) in [6.07, 6.45) is 1.76. The van der Waals surface area contributed by atoms with Gasteiger partial charge in [-0.3, -0.25) is 0 Å². The van der Waals surface area contributed by atoms with Crippen LogP contribution in [0, 0.1) is 5.92 Å². The number of rotatable bonds is 3. The van der Waals surface area contributed by atoms with Crippen LogP contribution in [0.3, 0.4) is 0 Å². The molecule has 0 bridgehead atoms. The highest BCUT2D eigenvalue weighted by molar-refractivity contribution is 5.69. The van der Waals surface area contributed by atoms with E-state index in [2.05, 4.69) is 0 Å². The van der Waals surface area contributed by atoms with E-state index in [0.717, 1.165) is 12.8 Å². The largest absolute Gasteiger partial charge is 0.465 e. The Bertz CT molecular complexity index is 387. The third-order valence-corrected chi connectivity index (χ3v) is 3.65. The fourth-order valence-corrected chi connectivity index (χ4v) is 2.44. The summed E-state index contributed by atoms with van der Waals surface area (Å²) in [6, 6.07) is -0.0541. The summed E-state index contributed by atoms with van der Waals surface area (Å²) < 4.78 is 5.46. The Morgan fingerprint density at radius 1 is 1.30 bits per heavy atom. The van der Waals surface area contributed by atoms with E-state index >= 15 is 0 Å². The number of ether oxygens (including phenoxy) is 1. The molecule has 1 saturated carbocycles. The van der Waals surface area contributed by atoms with Crippen LogP contribution in [0.2, 0.25) is 0 Å². The molecule has 0 unspecified atom stereocenters. The highest BCUT2D eigenvalue weighted by Gasteiger charge is 2.37. The molecule has 1 saturated heterocycles. The Morgan fingerprint density at radius 2 is 1.95 bits per heavy atom. The fourth-order valence-electron chi connectivity index (χ4n) is 2.44. The number of carboxylic acid groups (broad SMARTS) is 1. The van der Waals surface area contributed by atoms with Gasteiger partial charge >= 0.3 is 12.2 Å². The number of hydrogen-bond acceptors (Lipinski definition) is 3. The molecule has 2 rings (SSSR count). The van der Waals surface area contributed by atoms with E-state index in [1.165, 1.54) is 4.90 Å². The quantitative estimate of drug-likeness (QED) is 0.864. The lowest BCUT2D eigenvalue weighted by Crippen LogP contribution is -2.46. The molecule has 20 heavy (non-hydrogen) atoms. The summed E-state index contributed by atoms with van der Waals surface area (Å²) >= 11 is 0. The smallest absolute Gasteiger partial charge is 0.410 e. The number of amides is 2. The predicted octanol–water partition coefficient (Wildman–Crippen LogP) is 2.39. The van der Waals surface area contributed by atoms with Crippen molar-refractivity contribution in [1.82, 2.24) is 9.80 Å². The minimum Gasteiger partial charge on any atom is -0.465 e. The number of likely N-dealkylation sites (tertiary alicyclic amines) is 1. The van der Waals surface area contributed by atoms with Crippen molar-refractivity contribution in [2.75, 3.05) is 19.6 Å². The molecule has 1 aliphatic carbocycles. The molecule has 1 N–H and O–H groups in total. The van der Waals surface area contributed by atoms with Crippen molar-refractivity contribution in [3.05, 3.63) is 0 Å². The second-order valence-corrected chi connectivity index (χ2v) is 6.75. The van der Waals surface area contributed by atoms with E-state index in [9.17, 15) is 9.59 Å². The highest BCUT2D eigenvalue weighted by Crippen LogP contribution is 2.32. The monoisotopic (exact) mass is 284 g/mol. The van der Waals surface area contributed by atoms with Crippen LogP contribution in [-0.2, 0) is 4.74 Å². The zero-order valence-electron chi connectivity index (χ0n) is 12.5. The van der Waals surface area contributed by atoms with Gasteiger partial charge in [-0.1, -0.05) is 0 Å². The molecule has 0 aromatic rings. The summed E-state index contributed by atoms with van der Waals surface area (Å²) in [5, 5.41) is 9.02. The van der Waals surface area contributed by atoms with Crippen LogP contribution in [-0.4, -0.2) is 58.4 Å². The van der Waals surface area contributed by atoms with Gasteiger partial charge in [0.15, 0.2) is 0 Å². The maximum absolute atomic E-state index is 12.3. The van der Waals surface area contributed by atoms with Crippen LogP contribution < -0.4 is 0 Å². The van der Waals surface area contributed by atoms with Crippen LogP contribution in [0.4, 0.5) is 9.59 Å². The summed E-state index contributed by atoms with van der Waals surface area (Å²) in [7, 11) is 0. The lowest BCUT2D eigenvalue weighted by molar-refractivity contribution is 0.0156. The molecule has 2 fully saturated rings. The number of hydrogen-bond donors (Lipinski definition) is 1. The van der Waals surface area contributed by atoms with E-state index < -0.39 is 11.7 Å². The fraction of sp³-hybridized carbons (Fsp3) is 0.857. The van der Waals surface area contributed by atoms with Gasteiger partial charge in [-0.05, 0) is 46.0 Å². The Labute approximate surface area is 119 Å². The van der Waals surface area contributed by atoms with E-state index in [4.69, 9.17) is 9.84 Å². The molecule has 0 spiro atoms. The minimum absolute atomic E-state index is 0.0541. The molecule has 0 aromatic carbocycles. The van der Waals surface area contributed by atoms with Gasteiger partial charge in [-0.15, -0.1) is 0 Å². The van der Waals surface area contributed by atoms with Gasteiger partial charge in [0, 0.05) is 19.6 Å². The first-order valence-corrected chi connectivity index (χ1v) is 7.24. The minimum atomic E-state index is -0.914. The molecule has 2 aliphatic rings. The van der Waals surface area contributed by atoms with E-state index in [1.54, 1.807) is 4.90 Å². The number of carbonyl (C=O) groups is 2. The lowest BCUT2D eigenvalue weighted by Gasteiger charge is -2.31. The Hall–Kier alpha value is -1.46. The zero-order valence-corrected chi connectivity index (χ0v) is 12.5. The van der Waals surface area contributed by atoms with E-state index in [0.29, 0.717) is 32.0 Å². The molecule has 6 nitrogen and oxygen atoms in total. The predicted molar refractivity (Wildman–Crippen MR) is 73.7 cm³/mol. The molecule has 1 aliphatic heterocycles. The Kier molecular flexibility index (Phi) is 4.11. The van der Waals surface area contributed by atoms with Crippen molar-refractivity contribution < 1.29 is 19.4 Å². The average Bonchev–Trinajstić information content (AvgIpc) is 2.98. The van der Waals surface area contributed by atoms with Crippen LogP contribution in [0.25, 0.3) is 0 Å². The maximum atomic E-state index is 12.3. The second-order valence-electron chi connectivity index (χ2n) is 6.75. The summed E-state index contributed by atoms with van der Waals surface area (Å²) in [4.78, 5) is 26.4. The first kappa shape index (κ1) is 14.9. The second kappa shape index (κ2) is 5.50. The molecule has 114 valence electrons. The van der Waals surface area contributed by atoms with E-state index in [1.807, 2.05) is 20.8 Å². The molecule has 1 atom stereocenters. The molecule has 0 radical (unpaired) electrons. The number of carbonyl (C=O) groups excluding carboxylic acids is 1. The van der Waals surface area contributed by atoms with Gasteiger partial charge in [-0.25, -0.2) is 9.59 Å². The average molecular weight is 284 g/mol.